The summed E-state index contributed by atoms with van der Waals surface area (Å²) < 4.78 is 26.7. The van der Waals surface area contributed by atoms with Gasteiger partial charge in [-0.1, -0.05) is 18.6 Å². The van der Waals surface area contributed by atoms with Gasteiger partial charge in [-0.15, -0.1) is 11.6 Å². The highest BCUT2D eigenvalue weighted by Crippen LogP contribution is 2.25. The summed E-state index contributed by atoms with van der Waals surface area (Å²) in [4.78, 5) is 0.333. The van der Waals surface area contributed by atoms with Gasteiger partial charge in [0.25, 0.3) is 0 Å². The van der Waals surface area contributed by atoms with Gasteiger partial charge in [0.05, 0.1) is 4.90 Å². The predicted octanol–water partition coefficient (Wildman–Crippen LogP) is 2.55. The minimum atomic E-state index is -3.35. The van der Waals surface area contributed by atoms with E-state index in [0.29, 0.717) is 23.2 Å². The summed E-state index contributed by atoms with van der Waals surface area (Å²) >= 11 is 5.64. The van der Waals surface area contributed by atoms with Crippen LogP contribution in [0.15, 0.2) is 29.2 Å². The second kappa shape index (κ2) is 6.04. The van der Waals surface area contributed by atoms with Crippen molar-refractivity contribution >= 4 is 21.6 Å². The molecule has 1 aromatic carbocycles. The van der Waals surface area contributed by atoms with Crippen molar-refractivity contribution in [3.63, 3.8) is 0 Å². The summed E-state index contributed by atoms with van der Waals surface area (Å²) in [5.41, 5.74) is 1.06. The van der Waals surface area contributed by atoms with Crippen molar-refractivity contribution in [1.82, 2.24) is 4.72 Å². The lowest BCUT2D eigenvalue weighted by Crippen LogP contribution is -2.32. The quantitative estimate of drug-likeness (QED) is 0.817. The van der Waals surface area contributed by atoms with Gasteiger partial charge < -0.3 is 0 Å². The summed E-state index contributed by atoms with van der Waals surface area (Å²) in [5, 5.41) is 0. The van der Waals surface area contributed by atoms with Gasteiger partial charge in [-0.25, -0.2) is 13.1 Å². The molecule has 100 valence electrons. The van der Waals surface area contributed by atoms with E-state index in [2.05, 4.69) is 4.72 Å². The molecule has 5 heteroatoms. The van der Waals surface area contributed by atoms with Crippen LogP contribution in [-0.2, 0) is 16.4 Å². The molecular formula is C13H18ClNO2S. The van der Waals surface area contributed by atoms with Crippen molar-refractivity contribution < 1.29 is 8.42 Å². The highest BCUT2D eigenvalue weighted by Gasteiger charge is 2.21. The highest BCUT2D eigenvalue weighted by atomic mass is 35.5. The number of sulfonamides is 1. The van der Waals surface area contributed by atoms with Crippen LogP contribution in [0, 0.1) is 5.92 Å². The highest BCUT2D eigenvalue weighted by molar-refractivity contribution is 7.89. The van der Waals surface area contributed by atoms with Gasteiger partial charge in [0.2, 0.25) is 10.0 Å². The fourth-order valence-electron chi connectivity index (χ4n) is 1.95. The Morgan fingerprint density at radius 2 is 1.89 bits per heavy atom. The largest absolute Gasteiger partial charge is 0.240 e. The minimum Gasteiger partial charge on any atom is -0.211 e. The second-order valence-electron chi connectivity index (χ2n) is 4.73. The molecule has 0 saturated heterocycles. The summed E-state index contributed by atoms with van der Waals surface area (Å²) in [6.45, 7) is 0.561. The lowest BCUT2D eigenvalue weighted by Gasteiger charge is -2.25. The van der Waals surface area contributed by atoms with Crippen LogP contribution in [0.25, 0.3) is 0 Å². The van der Waals surface area contributed by atoms with Crippen LogP contribution in [0.5, 0.6) is 0 Å². The standard InChI is InChI=1S/C13H18ClNO2S/c14-9-8-11-4-6-13(7-5-11)18(16,17)15-10-12-2-1-3-12/h4-7,12,15H,1-3,8-10H2. The van der Waals surface area contributed by atoms with Gasteiger partial charge >= 0.3 is 0 Å². The van der Waals surface area contributed by atoms with E-state index < -0.39 is 10.0 Å². The van der Waals surface area contributed by atoms with Crippen LogP contribution >= 0.6 is 11.6 Å². The number of hydrogen-bond donors (Lipinski definition) is 1. The molecule has 0 amide bonds. The zero-order chi connectivity index (χ0) is 13.0. The van der Waals surface area contributed by atoms with E-state index in [-0.39, 0.29) is 0 Å². The zero-order valence-electron chi connectivity index (χ0n) is 10.2. The molecule has 3 nitrogen and oxygen atoms in total. The molecule has 0 aromatic heterocycles. The van der Waals surface area contributed by atoms with Gasteiger partial charge in [-0.3, -0.25) is 0 Å². The summed E-state index contributed by atoms with van der Waals surface area (Å²) in [7, 11) is -3.35. The molecule has 1 aromatic rings. The molecule has 18 heavy (non-hydrogen) atoms. The first-order valence-corrected chi connectivity index (χ1v) is 8.28. The van der Waals surface area contributed by atoms with E-state index >= 15 is 0 Å². The molecule has 0 radical (unpaired) electrons. The van der Waals surface area contributed by atoms with Crippen molar-refractivity contribution in [1.29, 1.82) is 0 Å². The third kappa shape index (κ3) is 3.46. The maximum atomic E-state index is 12.0. The first-order valence-electron chi connectivity index (χ1n) is 6.26. The zero-order valence-corrected chi connectivity index (χ0v) is 11.8. The SMILES string of the molecule is O=S(=O)(NCC1CCC1)c1ccc(CCCl)cc1. The van der Waals surface area contributed by atoms with Crippen LogP contribution in [0.3, 0.4) is 0 Å². The van der Waals surface area contributed by atoms with Gasteiger partial charge in [0.15, 0.2) is 0 Å². The molecule has 0 atom stereocenters. The molecule has 0 bridgehead atoms. The van der Waals surface area contributed by atoms with Crippen LogP contribution < -0.4 is 4.72 Å². The molecule has 0 aliphatic heterocycles. The minimum absolute atomic E-state index is 0.333. The fraction of sp³-hybridized carbons (Fsp3) is 0.538. The Labute approximate surface area is 114 Å². The van der Waals surface area contributed by atoms with Crippen LogP contribution in [0.1, 0.15) is 24.8 Å². The van der Waals surface area contributed by atoms with Crippen molar-refractivity contribution in [2.24, 2.45) is 5.92 Å². The van der Waals surface area contributed by atoms with E-state index in [1.807, 2.05) is 12.1 Å². The summed E-state index contributed by atoms with van der Waals surface area (Å²) in [6, 6.07) is 6.93. The lowest BCUT2D eigenvalue weighted by molar-refractivity contribution is 0.316. The van der Waals surface area contributed by atoms with Crippen molar-refractivity contribution in [3.8, 4) is 0 Å². The van der Waals surface area contributed by atoms with Crippen LogP contribution in [0.2, 0.25) is 0 Å². The summed E-state index contributed by atoms with van der Waals surface area (Å²) in [5.74, 6) is 1.07. The maximum Gasteiger partial charge on any atom is 0.240 e. The van der Waals surface area contributed by atoms with Crippen LogP contribution in [0.4, 0.5) is 0 Å². The second-order valence-corrected chi connectivity index (χ2v) is 6.88. The third-order valence-corrected chi connectivity index (χ3v) is 5.03. The number of aryl methyl sites for hydroxylation is 1. The molecule has 0 unspecified atom stereocenters. The number of halogens is 1. The number of benzene rings is 1. The number of alkyl halides is 1. The first-order chi connectivity index (χ1) is 8.62. The fourth-order valence-corrected chi connectivity index (χ4v) is 3.29. The molecule has 1 aliphatic rings. The van der Waals surface area contributed by atoms with Crippen molar-refractivity contribution in [3.05, 3.63) is 29.8 Å². The monoisotopic (exact) mass is 287 g/mol. The number of rotatable bonds is 6. The van der Waals surface area contributed by atoms with E-state index in [9.17, 15) is 8.42 Å². The average Bonchev–Trinajstić information content (AvgIpc) is 2.28. The Hall–Kier alpha value is -0.580. The first kappa shape index (κ1) is 13.8. The number of hydrogen-bond acceptors (Lipinski definition) is 2. The normalized spacial score (nSPS) is 16.5. The molecule has 2 rings (SSSR count). The Balaban J connectivity index is 1.99. The van der Waals surface area contributed by atoms with Gasteiger partial charge in [0, 0.05) is 12.4 Å². The Morgan fingerprint density at radius 3 is 2.39 bits per heavy atom. The molecule has 1 N–H and O–H groups in total. The van der Waals surface area contributed by atoms with E-state index in [4.69, 9.17) is 11.6 Å². The Morgan fingerprint density at radius 1 is 1.22 bits per heavy atom. The average molecular weight is 288 g/mol. The van der Waals surface area contributed by atoms with Gasteiger partial charge in [0.1, 0.15) is 0 Å². The topological polar surface area (TPSA) is 46.2 Å². The smallest absolute Gasteiger partial charge is 0.211 e. The molecule has 1 aliphatic carbocycles. The van der Waals surface area contributed by atoms with Crippen molar-refractivity contribution in [2.45, 2.75) is 30.6 Å². The Kier molecular flexibility index (Phi) is 4.65. The molecule has 0 spiro atoms. The molecule has 1 saturated carbocycles. The van der Waals surface area contributed by atoms with E-state index in [0.717, 1.165) is 24.8 Å². The van der Waals surface area contributed by atoms with E-state index in [1.54, 1.807) is 12.1 Å². The third-order valence-electron chi connectivity index (χ3n) is 3.40. The van der Waals surface area contributed by atoms with Crippen molar-refractivity contribution in [2.75, 3.05) is 12.4 Å². The number of nitrogens with one attached hydrogen (secondary N) is 1. The summed E-state index contributed by atoms with van der Waals surface area (Å²) in [6.07, 6.45) is 4.26. The maximum absolute atomic E-state index is 12.0. The van der Waals surface area contributed by atoms with Gasteiger partial charge in [-0.2, -0.15) is 0 Å². The lowest BCUT2D eigenvalue weighted by atomic mass is 9.86. The van der Waals surface area contributed by atoms with Crippen LogP contribution in [-0.4, -0.2) is 20.8 Å². The Bertz CT molecular complexity index is 480. The molecule has 0 heterocycles. The van der Waals surface area contributed by atoms with E-state index in [1.165, 1.54) is 6.42 Å². The van der Waals surface area contributed by atoms with Gasteiger partial charge in [-0.05, 0) is 42.9 Å². The molecular weight excluding hydrogens is 270 g/mol. The molecule has 1 fully saturated rings. The predicted molar refractivity (Wildman–Crippen MR) is 73.4 cm³/mol.